The van der Waals surface area contributed by atoms with Crippen LogP contribution in [0.4, 0.5) is 0 Å². The Morgan fingerprint density at radius 3 is 3.08 bits per heavy atom. The van der Waals surface area contributed by atoms with E-state index in [2.05, 4.69) is 4.98 Å². The van der Waals surface area contributed by atoms with Gasteiger partial charge in [0.05, 0.1) is 19.2 Å². The van der Waals surface area contributed by atoms with Crippen molar-refractivity contribution in [1.82, 2.24) is 9.55 Å². The first-order valence-electron chi connectivity index (χ1n) is 4.10. The second-order valence-corrected chi connectivity index (χ2v) is 3.02. The Hall–Kier alpha value is -1.58. The van der Waals surface area contributed by atoms with Gasteiger partial charge in [-0.05, 0) is 0 Å². The molecule has 4 heteroatoms. The Kier molecular flexibility index (Phi) is 1.88. The highest BCUT2D eigenvalue weighted by atomic mass is 16.5. The average molecular weight is 178 g/mol. The summed E-state index contributed by atoms with van der Waals surface area (Å²) in [6, 6.07) is 0. The fourth-order valence-electron chi connectivity index (χ4n) is 1.25. The smallest absolute Gasteiger partial charge is 0.212 e. The first-order valence-corrected chi connectivity index (χ1v) is 4.10. The van der Waals surface area contributed by atoms with Crippen LogP contribution < -0.4 is 0 Å². The second kappa shape index (κ2) is 3.05. The van der Waals surface area contributed by atoms with Gasteiger partial charge in [-0.3, -0.25) is 4.79 Å². The minimum Gasteiger partial charge on any atom is -0.500 e. The maximum atomic E-state index is 11.6. The first-order chi connectivity index (χ1) is 6.27. The van der Waals surface area contributed by atoms with E-state index in [9.17, 15) is 4.79 Å². The van der Waals surface area contributed by atoms with Gasteiger partial charge in [0.25, 0.3) is 0 Å². The van der Waals surface area contributed by atoms with Gasteiger partial charge in [0.2, 0.25) is 5.78 Å². The number of aromatic nitrogens is 2. The molecular formula is C9H10N2O2. The normalized spacial score (nSPS) is 15.3. The van der Waals surface area contributed by atoms with Crippen LogP contribution in [0.5, 0.6) is 0 Å². The molecule has 13 heavy (non-hydrogen) atoms. The third kappa shape index (κ3) is 1.47. The zero-order valence-corrected chi connectivity index (χ0v) is 7.36. The standard InChI is InChI=1S/C9H10N2O2/c1-11-4-8(10-6-11)9(12)7-2-3-13-5-7/h4-6H,2-3H2,1H3. The van der Waals surface area contributed by atoms with Crippen LogP contribution in [0.1, 0.15) is 16.9 Å². The number of carbonyl (C=O) groups excluding carboxylic acids is 1. The van der Waals surface area contributed by atoms with Crippen LogP contribution >= 0.6 is 0 Å². The van der Waals surface area contributed by atoms with Crippen molar-refractivity contribution in [2.75, 3.05) is 6.61 Å². The summed E-state index contributed by atoms with van der Waals surface area (Å²) in [7, 11) is 1.84. The summed E-state index contributed by atoms with van der Waals surface area (Å²) in [6.07, 6.45) is 5.54. The van der Waals surface area contributed by atoms with E-state index in [1.807, 2.05) is 7.05 Å². The number of ketones is 1. The maximum Gasteiger partial charge on any atom is 0.212 e. The van der Waals surface area contributed by atoms with Crippen LogP contribution in [0.3, 0.4) is 0 Å². The molecule has 1 aromatic rings. The van der Waals surface area contributed by atoms with E-state index in [1.165, 1.54) is 6.26 Å². The molecule has 0 amide bonds. The molecule has 2 heterocycles. The maximum absolute atomic E-state index is 11.6. The van der Waals surface area contributed by atoms with E-state index in [0.29, 0.717) is 24.3 Å². The highest BCUT2D eigenvalue weighted by Gasteiger charge is 2.18. The summed E-state index contributed by atoms with van der Waals surface area (Å²) >= 11 is 0. The van der Waals surface area contributed by atoms with E-state index in [-0.39, 0.29) is 5.78 Å². The first kappa shape index (κ1) is 8.04. The average Bonchev–Trinajstić information content (AvgIpc) is 2.72. The van der Waals surface area contributed by atoms with Crippen molar-refractivity contribution in [2.24, 2.45) is 7.05 Å². The Labute approximate surface area is 75.8 Å². The Balaban J connectivity index is 2.22. The van der Waals surface area contributed by atoms with Gasteiger partial charge in [-0.2, -0.15) is 0 Å². The number of carbonyl (C=O) groups is 1. The molecule has 0 aromatic carbocycles. The molecule has 0 bridgehead atoms. The quantitative estimate of drug-likeness (QED) is 0.632. The van der Waals surface area contributed by atoms with E-state index in [0.717, 1.165) is 0 Å². The van der Waals surface area contributed by atoms with Gasteiger partial charge in [0, 0.05) is 25.2 Å². The third-order valence-corrected chi connectivity index (χ3v) is 1.94. The lowest BCUT2D eigenvalue weighted by Gasteiger charge is -1.93. The largest absolute Gasteiger partial charge is 0.500 e. The minimum absolute atomic E-state index is 0.0295. The molecule has 4 nitrogen and oxygen atoms in total. The molecule has 1 aliphatic rings. The van der Waals surface area contributed by atoms with Crippen LogP contribution in [0, 0.1) is 0 Å². The van der Waals surface area contributed by atoms with Crippen molar-refractivity contribution in [1.29, 1.82) is 0 Å². The molecule has 0 saturated carbocycles. The summed E-state index contributed by atoms with van der Waals surface area (Å²) in [6.45, 7) is 0.605. The third-order valence-electron chi connectivity index (χ3n) is 1.94. The molecule has 0 atom stereocenters. The van der Waals surface area contributed by atoms with Gasteiger partial charge in [-0.1, -0.05) is 0 Å². The van der Waals surface area contributed by atoms with Gasteiger partial charge < -0.3 is 9.30 Å². The van der Waals surface area contributed by atoms with Crippen LogP contribution in [-0.4, -0.2) is 21.9 Å². The molecular weight excluding hydrogens is 168 g/mol. The van der Waals surface area contributed by atoms with Gasteiger partial charge in [-0.15, -0.1) is 0 Å². The summed E-state index contributed by atoms with van der Waals surface area (Å²) in [5, 5.41) is 0. The number of aryl methyl sites for hydroxylation is 1. The number of imidazole rings is 1. The number of hydrogen-bond acceptors (Lipinski definition) is 3. The highest BCUT2D eigenvalue weighted by Crippen LogP contribution is 2.15. The van der Waals surface area contributed by atoms with Crippen molar-refractivity contribution in [3.05, 3.63) is 30.1 Å². The lowest BCUT2D eigenvalue weighted by atomic mass is 10.1. The van der Waals surface area contributed by atoms with Gasteiger partial charge >= 0.3 is 0 Å². The number of Topliss-reactive ketones (excluding diaryl/α,β-unsaturated/α-hetero) is 1. The van der Waals surface area contributed by atoms with E-state index >= 15 is 0 Å². The van der Waals surface area contributed by atoms with Gasteiger partial charge in [-0.25, -0.2) is 4.98 Å². The Morgan fingerprint density at radius 1 is 1.69 bits per heavy atom. The zero-order chi connectivity index (χ0) is 9.26. The predicted octanol–water partition coefficient (Wildman–Crippen LogP) is 0.907. The molecule has 0 radical (unpaired) electrons. The molecule has 0 N–H and O–H groups in total. The van der Waals surface area contributed by atoms with E-state index in [1.54, 1.807) is 17.1 Å². The van der Waals surface area contributed by atoms with Crippen molar-refractivity contribution in [3.8, 4) is 0 Å². The number of ether oxygens (including phenoxy) is 1. The van der Waals surface area contributed by atoms with Crippen LogP contribution in [-0.2, 0) is 11.8 Å². The lowest BCUT2D eigenvalue weighted by Crippen LogP contribution is -2.02. The number of nitrogens with zero attached hydrogens (tertiary/aromatic N) is 2. The SMILES string of the molecule is Cn1cnc(C(=O)C2=COCC2)c1. The highest BCUT2D eigenvalue weighted by molar-refractivity contribution is 6.07. The summed E-state index contributed by atoms with van der Waals surface area (Å²) < 4.78 is 6.74. The summed E-state index contributed by atoms with van der Waals surface area (Å²) in [5.74, 6) is -0.0295. The fraction of sp³-hybridized carbons (Fsp3) is 0.333. The molecule has 68 valence electrons. The number of rotatable bonds is 2. The van der Waals surface area contributed by atoms with Crippen molar-refractivity contribution in [2.45, 2.75) is 6.42 Å². The topological polar surface area (TPSA) is 44.1 Å². The molecule has 1 aliphatic heterocycles. The molecule has 0 unspecified atom stereocenters. The number of hydrogen-bond donors (Lipinski definition) is 0. The van der Waals surface area contributed by atoms with E-state index in [4.69, 9.17) is 4.74 Å². The Morgan fingerprint density at radius 2 is 2.54 bits per heavy atom. The summed E-state index contributed by atoms with van der Waals surface area (Å²) in [5.41, 5.74) is 1.19. The zero-order valence-electron chi connectivity index (χ0n) is 7.36. The van der Waals surface area contributed by atoms with Crippen molar-refractivity contribution < 1.29 is 9.53 Å². The summed E-state index contributed by atoms with van der Waals surface area (Å²) in [4.78, 5) is 15.6. The van der Waals surface area contributed by atoms with Gasteiger partial charge in [0.1, 0.15) is 5.69 Å². The molecule has 0 spiro atoms. The predicted molar refractivity (Wildman–Crippen MR) is 46.2 cm³/mol. The van der Waals surface area contributed by atoms with E-state index < -0.39 is 0 Å². The molecule has 0 saturated heterocycles. The lowest BCUT2D eigenvalue weighted by molar-refractivity contribution is 0.102. The monoisotopic (exact) mass is 178 g/mol. The second-order valence-electron chi connectivity index (χ2n) is 3.02. The molecule has 1 aromatic heterocycles. The van der Waals surface area contributed by atoms with Gasteiger partial charge in [0.15, 0.2) is 0 Å². The van der Waals surface area contributed by atoms with Crippen LogP contribution in [0.2, 0.25) is 0 Å². The van der Waals surface area contributed by atoms with Crippen LogP contribution in [0.25, 0.3) is 0 Å². The molecule has 0 fully saturated rings. The Bertz CT molecular complexity index is 365. The van der Waals surface area contributed by atoms with Crippen LogP contribution in [0.15, 0.2) is 24.4 Å². The molecule has 2 rings (SSSR count). The van der Waals surface area contributed by atoms with Crippen molar-refractivity contribution >= 4 is 5.78 Å². The van der Waals surface area contributed by atoms with Crippen molar-refractivity contribution in [3.63, 3.8) is 0 Å². The molecule has 0 aliphatic carbocycles. The minimum atomic E-state index is -0.0295. The fourth-order valence-corrected chi connectivity index (χ4v) is 1.25.